The van der Waals surface area contributed by atoms with Gasteiger partial charge < -0.3 is 9.72 Å². The predicted molar refractivity (Wildman–Crippen MR) is 109 cm³/mol. The number of thiazole rings is 1. The monoisotopic (exact) mass is 406 g/mol. The van der Waals surface area contributed by atoms with Gasteiger partial charge in [-0.15, -0.1) is 11.3 Å². The lowest BCUT2D eigenvalue weighted by Crippen LogP contribution is -2.13. The number of aromatic amines is 1. The van der Waals surface area contributed by atoms with Gasteiger partial charge in [0, 0.05) is 23.7 Å². The van der Waals surface area contributed by atoms with E-state index in [-0.39, 0.29) is 17.0 Å². The molecule has 0 fully saturated rings. The van der Waals surface area contributed by atoms with Crippen molar-refractivity contribution in [3.63, 3.8) is 0 Å². The fourth-order valence-electron chi connectivity index (χ4n) is 2.62. The SMILES string of the molecule is O=C(Nc1nc(-c2ccc[nH]2)cs1)c1cc([N+](=O)[O-])ccc1Oc1ccccc1. The van der Waals surface area contributed by atoms with E-state index in [2.05, 4.69) is 15.3 Å². The van der Waals surface area contributed by atoms with Gasteiger partial charge in [-0.25, -0.2) is 4.98 Å². The molecule has 0 saturated carbocycles. The number of amides is 1. The Labute approximate surface area is 169 Å². The van der Waals surface area contributed by atoms with Crippen LogP contribution in [0.3, 0.4) is 0 Å². The van der Waals surface area contributed by atoms with E-state index >= 15 is 0 Å². The van der Waals surface area contributed by atoms with Crippen LogP contribution in [0.5, 0.6) is 11.5 Å². The van der Waals surface area contributed by atoms with Crippen molar-refractivity contribution in [2.45, 2.75) is 0 Å². The molecule has 0 bridgehead atoms. The summed E-state index contributed by atoms with van der Waals surface area (Å²) >= 11 is 1.25. The van der Waals surface area contributed by atoms with E-state index in [1.807, 2.05) is 18.2 Å². The van der Waals surface area contributed by atoms with E-state index in [1.54, 1.807) is 35.8 Å². The van der Waals surface area contributed by atoms with E-state index in [4.69, 9.17) is 4.74 Å². The number of hydrogen-bond acceptors (Lipinski definition) is 6. The Kier molecular flexibility index (Phi) is 5.04. The Morgan fingerprint density at radius 3 is 2.69 bits per heavy atom. The summed E-state index contributed by atoms with van der Waals surface area (Å²) in [6.45, 7) is 0. The number of aromatic nitrogens is 2. The molecule has 0 atom stereocenters. The fourth-order valence-corrected chi connectivity index (χ4v) is 3.33. The highest BCUT2D eigenvalue weighted by atomic mass is 32.1. The third kappa shape index (κ3) is 4.14. The number of nitrogens with zero attached hydrogens (tertiary/aromatic N) is 2. The lowest BCUT2D eigenvalue weighted by Gasteiger charge is -2.10. The van der Waals surface area contributed by atoms with Crippen LogP contribution in [0.2, 0.25) is 0 Å². The summed E-state index contributed by atoms with van der Waals surface area (Å²) in [4.78, 5) is 30.9. The van der Waals surface area contributed by atoms with E-state index in [9.17, 15) is 14.9 Å². The number of nitrogens with one attached hydrogen (secondary N) is 2. The minimum absolute atomic E-state index is 0.0414. The number of H-pyrrole nitrogens is 1. The van der Waals surface area contributed by atoms with Crippen LogP contribution in [0.1, 0.15) is 10.4 Å². The lowest BCUT2D eigenvalue weighted by atomic mass is 10.1. The second-order valence-electron chi connectivity index (χ2n) is 5.93. The molecule has 0 radical (unpaired) electrons. The zero-order valence-electron chi connectivity index (χ0n) is 14.9. The number of hydrogen-bond donors (Lipinski definition) is 2. The Bertz CT molecular complexity index is 1160. The van der Waals surface area contributed by atoms with Crippen LogP contribution < -0.4 is 10.1 Å². The number of ether oxygens (including phenoxy) is 1. The molecule has 4 rings (SSSR count). The Balaban J connectivity index is 1.62. The molecular formula is C20H14N4O4S. The summed E-state index contributed by atoms with van der Waals surface area (Å²) in [5.74, 6) is 0.172. The quantitative estimate of drug-likeness (QED) is 0.342. The van der Waals surface area contributed by atoms with Crippen LogP contribution in [0, 0.1) is 10.1 Å². The largest absolute Gasteiger partial charge is 0.457 e. The van der Waals surface area contributed by atoms with Crippen molar-refractivity contribution in [1.82, 2.24) is 9.97 Å². The van der Waals surface area contributed by atoms with E-state index < -0.39 is 10.8 Å². The van der Waals surface area contributed by atoms with Gasteiger partial charge in [-0.05, 0) is 30.3 Å². The first-order chi connectivity index (χ1) is 14.1. The van der Waals surface area contributed by atoms with Gasteiger partial charge in [0.15, 0.2) is 5.13 Å². The van der Waals surface area contributed by atoms with Gasteiger partial charge in [0.05, 0.1) is 21.9 Å². The first-order valence-corrected chi connectivity index (χ1v) is 9.40. The highest BCUT2D eigenvalue weighted by molar-refractivity contribution is 7.14. The van der Waals surface area contributed by atoms with Gasteiger partial charge in [-0.2, -0.15) is 0 Å². The van der Waals surface area contributed by atoms with Gasteiger partial charge in [-0.3, -0.25) is 20.2 Å². The lowest BCUT2D eigenvalue weighted by molar-refractivity contribution is -0.384. The molecule has 144 valence electrons. The molecule has 9 heteroatoms. The van der Waals surface area contributed by atoms with Crippen LogP contribution in [0.15, 0.2) is 72.2 Å². The van der Waals surface area contributed by atoms with Gasteiger partial charge in [0.25, 0.3) is 11.6 Å². The van der Waals surface area contributed by atoms with Crippen molar-refractivity contribution in [2.24, 2.45) is 0 Å². The van der Waals surface area contributed by atoms with Crippen molar-refractivity contribution in [3.8, 4) is 22.9 Å². The maximum Gasteiger partial charge on any atom is 0.270 e. The van der Waals surface area contributed by atoms with Crippen LogP contribution in [-0.4, -0.2) is 20.8 Å². The number of nitro groups is 1. The highest BCUT2D eigenvalue weighted by Gasteiger charge is 2.20. The minimum Gasteiger partial charge on any atom is -0.457 e. The minimum atomic E-state index is -0.560. The first-order valence-electron chi connectivity index (χ1n) is 8.52. The molecule has 29 heavy (non-hydrogen) atoms. The molecule has 4 aromatic rings. The summed E-state index contributed by atoms with van der Waals surface area (Å²) in [5, 5.41) is 16.0. The number of non-ortho nitro benzene ring substituents is 1. The summed E-state index contributed by atoms with van der Waals surface area (Å²) < 4.78 is 5.76. The maximum absolute atomic E-state index is 12.8. The fraction of sp³-hybridized carbons (Fsp3) is 0. The molecule has 0 aliphatic heterocycles. The molecule has 2 aromatic heterocycles. The summed E-state index contributed by atoms with van der Waals surface area (Å²) in [5.41, 5.74) is 1.35. The molecule has 2 N–H and O–H groups in total. The average molecular weight is 406 g/mol. The summed E-state index contributed by atoms with van der Waals surface area (Å²) in [6, 6.07) is 16.5. The van der Waals surface area contributed by atoms with Crippen molar-refractivity contribution < 1.29 is 14.5 Å². The van der Waals surface area contributed by atoms with Gasteiger partial charge in [-0.1, -0.05) is 18.2 Å². The van der Waals surface area contributed by atoms with E-state index in [0.717, 1.165) is 5.69 Å². The van der Waals surface area contributed by atoms with Crippen LogP contribution in [-0.2, 0) is 0 Å². The summed E-state index contributed by atoms with van der Waals surface area (Å²) in [7, 11) is 0. The number of anilines is 1. The van der Waals surface area contributed by atoms with Crippen molar-refractivity contribution >= 4 is 28.1 Å². The second-order valence-corrected chi connectivity index (χ2v) is 6.79. The standard InChI is InChI=1S/C20H14N4O4S/c25-19(23-20-22-17(12-29-20)16-7-4-10-21-16)15-11-13(24(26)27)8-9-18(15)28-14-5-2-1-3-6-14/h1-12,21H,(H,22,23,25). The molecule has 1 amide bonds. The molecule has 0 aliphatic rings. The van der Waals surface area contributed by atoms with Gasteiger partial charge >= 0.3 is 0 Å². The Hall–Kier alpha value is -3.98. The zero-order valence-corrected chi connectivity index (χ0v) is 15.7. The third-order valence-corrected chi connectivity index (χ3v) is 4.75. The van der Waals surface area contributed by atoms with Gasteiger partial charge in [0.2, 0.25) is 0 Å². The topological polar surface area (TPSA) is 110 Å². The summed E-state index contributed by atoms with van der Waals surface area (Å²) in [6.07, 6.45) is 1.78. The molecule has 8 nitrogen and oxygen atoms in total. The number of carbonyl (C=O) groups excluding carboxylic acids is 1. The molecule has 2 aromatic carbocycles. The van der Waals surface area contributed by atoms with E-state index in [1.165, 1.54) is 29.5 Å². The first kappa shape index (κ1) is 18.4. The van der Waals surface area contributed by atoms with Crippen LogP contribution >= 0.6 is 11.3 Å². The average Bonchev–Trinajstić information content (AvgIpc) is 3.40. The highest BCUT2D eigenvalue weighted by Crippen LogP contribution is 2.30. The number of nitro benzene ring substituents is 1. The number of carbonyl (C=O) groups is 1. The molecule has 0 saturated heterocycles. The molecule has 0 aliphatic carbocycles. The normalized spacial score (nSPS) is 10.5. The number of benzene rings is 2. The molecule has 0 spiro atoms. The number of para-hydroxylation sites is 1. The van der Waals surface area contributed by atoms with Crippen LogP contribution in [0.4, 0.5) is 10.8 Å². The van der Waals surface area contributed by atoms with Gasteiger partial charge in [0.1, 0.15) is 11.5 Å². The zero-order chi connectivity index (χ0) is 20.2. The van der Waals surface area contributed by atoms with Crippen molar-refractivity contribution in [2.75, 3.05) is 5.32 Å². The van der Waals surface area contributed by atoms with Crippen molar-refractivity contribution in [3.05, 3.63) is 87.9 Å². The molecular weight excluding hydrogens is 392 g/mol. The second kappa shape index (κ2) is 7.95. The number of rotatable bonds is 6. The Morgan fingerprint density at radius 1 is 1.14 bits per heavy atom. The predicted octanol–water partition coefficient (Wildman–Crippen LogP) is 5.09. The van der Waals surface area contributed by atoms with Crippen LogP contribution in [0.25, 0.3) is 11.4 Å². The molecule has 2 heterocycles. The van der Waals surface area contributed by atoms with E-state index in [0.29, 0.717) is 16.6 Å². The Morgan fingerprint density at radius 2 is 1.97 bits per heavy atom. The third-order valence-electron chi connectivity index (χ3n) is 3.99. The smallest absolute Gasteiger partial charge is 0.270 e. The maximum atomic E-state index is 12.8. The van der Waals surface area contributed by atoms with Crippen molar-refractivity contribution in [1.29, 1.82) is 0 Å². The molecule has 0 unspecified atom stereocenters.